The standard InChI is InChI=1S/C17H20N2O3S/c1-2-3-13-18-23(21,22)16-11-9-15(10-12-16)19-17(20)14-7-5-4-6-8-14/h4-12,18H,2-3,13H2,1H3,(H,19,20). The van der Waals surface area contributed by atoms with Gasteiger partial charge in [-0.3, -0.25) is 4.79 Å². The van der Waals surface area contributed by atoms with Crippen LogP contribution in [-0.4, -0.2) is 20.9 Å². The van der Waals surface area contributed by atoms with Gasteiger partial charge in [-0.2, -0.15) is 0 Å². The summed E-state index contributed by atoms with van der Waals surface area (Å²) in [5.74, 6) is -0.234. The highest BCUT2D eigenvalue weighted by molar-refractivity contribution is 7.89. The van der Waals surface area contributed by atoms with Gasteiger partial charge in [0.25, 0.3) is 5.91 Å². The molecule has 0 aliphatic carbocycles. The third-order valence-corrected chi connectivity index (χ3v) is 4.76. The maximum atomic E-state index is 12.1. The zero-order chi connectivity index (χ0) is 16.7. The Morgan fingerprint density at radius 1 is 1.00 bits per heavy atom. The topological polar surface area (TPSA) is 75.3 Å². The van der Waals surface area contributed by atoms with E-state index in [0.29, 0.717) is 17.8 Å². The van der Waals surface area contributed by atoms with Gasteiger partial charge in [-0.15, -0.1) is 0 Å². The Labute approximate surface area is 136 Å². The predicted octanol–water partition coefficient (Wildman–Crippen LogP) is 3.02. The number of nitrogens with one attached hydrogen (secondary N) is 2. The lowest BCUT2D eigenvalue weighted by atomic mass is 10.2. The molecular formula is C17H20N2O3S. The van der Waals surface area contributed by atoms with Gasteiger partial charge in [-0.25, -0.2) is 13.1 Å². The van der Waals surface area contributed by atoms with Crippen molar-refractivity contribution in [3.8, 4) is 0 Å². The molecule has 0 fully saturated rings. The molecule has 6 heteroatoms. The molecule has 2 rings (SSSR count). The van der Waals surface area contributed by atoms with Gasteiger partial charge in [-0.1, -0.05) is 31.5 Å². The second kappa shape index (κ2) is 7.89. The first-order valence-corrected chi connectivity index (χ1v) is 8.97. The monoisotopic (exact) mass is 332 g/mol. The number of hydrogen-bond acceptors (Lipinski definition) is 3. The average Bonchev–Trinajstić information content (AvgIpc) is 2.56. The Bertz CT molecular complexity index is 741. The maximum absolute atomic E-state index is 12.1. The van der Waals surface area contributed by atoms with E-state index in [1.54, 1.807) is 36.4 Å². The van der Waals surface area contributed by atoms with Crippen LogP contribution in [0.2, 0.25) is 0 Å². The lowest BCUT2D eigenvalue weighted by molar-refractivity contribution is 0.102. The first kappa shape index (κ1) is 17.2. The number of hydrogen-bond donors (Lipinski definition) is 2. The highest BCUT2D eigenvalue weighted by Crippen LogP contribution is 2.15. The summed E-state index contributed by atoms with van der Waals surface area (Å²) in [5.41, 5.74) is 1.09. The second-order valence-corrected chi connectivity index (χ2v) is 6.86. The number of benzene rings is 2. The average molecular weight is 332 g/mol. The number of unbranched alkanes of at least 4 members (excludes halogenated alkanes) is 1. The van der Waals surface area contributed by atoms with Crippen LogP contribution < -0.4 is 10.0 Å². The number of anilines is 1. The van der Waals surface area contributed by atoms with Gasteiger partial charge in [0.05, 0.1) is 4.90 Å². The molecule has 0 saturated heterocycles. The van der Waals surface area contributed by atoms with Gasteiger partial charge in [-0.05, 0) is 42.8 Å². The molecule has 23 heavy (non-hydrogen) atoms. The van der Waals surface area contributed by atoms with E-state index in [9.17, 15) is 13.2 Å². The third-order valence-electron chi connectivity index (χ3n) is 3.28. The van der Waals surface area contributed by atoms with Crippen molar-refractivity contribution in [2.45, 2.75) is 24.7 Å². The molecule has 0 atom stereocenters. The number of carbonyl (C=O) groups excluding carboxylic acids is 1. The van der Waals surface area contributed by atoms with E-state index in [4.69, 9.17) is 0 Å². The van der Waals surface area contributed by atoms with Gasteiger partial charge >= 0.3 is 0 Å². The van der Waals surface area contributed by atoms with Gasteiger partial charge in [0.2, 0.25) is 10.0 Å². The molecule has 5 nitrogen and oxygen atoms in total. The van der Waals surface area contributed by atoms with Crippen molar-refractivity contribution in [3.05, 3.63) is 60.2 Å². The summed E-state index contributed by atoms with van der Waals surface area (Å²) < 4.78 is 26.7. The summed E-state index contributed by atoms with van der Waals surface area (Å²) in [4.78, 5) is 12.2. The molecule has 1 amide bonds. The molecule has 0 aromatic heterocycles. The SMILES string of the molecule is CCCCNS(=O)(=O)c1ccc(NC(=O)c2ccccc2)cc1. The molecule has 0 aliphatic rings. The predicted molar refractivity (Wildman–Crippen MR) is 90.9 cm³/mol. The van der Waals surface area contributed by atoms with Gasteiger partial charge in [0, 0.05) is 17.8 Å². The van der Waals surface area contributed by atoms with Crippen LogP contribution in [0.1, 0.15) is 30.1 Å². The van der Waals surface area contributed by atoms with E-state index in [1.807, 2.05) is 13.0 Å². The summed E-state index contributed by atoms with van der Waals surface area (Å²) in [6.45, 7) is 2.42. The maximum Gasteiger partial charge on any atom is 0.255 e. The van der Waals surface area contributed by atoms with Crippen LogP contribution in [0.4, 0.5) is 5.69 Å². The molecular weight excluding hydrogens is 312 g/mol. The zero-order valence-corrected chi connectivity index (χ0v) is 13.8. The minimum atomic E-state index is -3.49. The quantitative estimate of drug-likeness (QED) is 0.765. The largest absolute Gasteiger partial charge is 0.322 e. The van der Waals surface area contributed by atoms with Gasteiger partial charge < -0.3 is 5.32 Å². The van der Waals surface area contributed by atoms with Crippen molar-refractivity contribution in [2.75, 3.05) is 11.9 Å². The Morgan fingerprint density at radius 2 is 1.65 bits per heavy atom. The van der Waals surface area contributed by atoms with Crippen molar-refractivity contribution in [3.63, 3.8) is 0 Å². The smallest absolute Gasteiger partial charge is 0.255 e. The van der Waals surface area contributed by atoms with Crippen LogP contribution in [0.15, 0.2) is 59.5 Å². The summed E-state index contributed by atoms with van der Waals surface area (Å²) in [6.07, 6.45) is 1.72. The van der Waals surface area contributed by atoms with E-state index < -0.39 is 10.0 Å². The van der Waals surface area contributed by atoms with Crippen molar-refractivity contribution >= 4 is 21.6 Å². The van der Waals surface area contributed by atoms with Crippen molar-refractivity contribution in [1.29, 1.82) is 0 Å². The van der Waals surface area contributed by atoms with E-state index >= 15 is 0 Å². The van der Waals surface area contributed by atoms with E-state index in [0.717, 1.165) is 12.8 Å². The normalized spacial score (nSPS) is 11.2. The molecule has 0 saturated carbocycles. The van der Waals surface area contributed by atoms with Gasteiger partial charge in [0.1, 0.15) is 0 Å². The van der Waals surface area contributed by atoms with Gasteiger partial charge in [0.15, 0.2) is 0 Å². The van der Waals surface area contributed by atoms with E-state index in [-0.39, 0.29) is 10.8 Å². The minimum absolute atomic E-state index is 0.186. The highest BCUT2D eigenvalue weighted by atomic mass is 32.2. The molecule has 2 aromatic carbocycles. The number of amides is 1. The van der Waals surface area contributed by atoms with Crippen molar-refractivity contribution in [1.82, 2.24) is 4.72 Å². The van der Waals surface area contributed by atoms with Crippen LogP contribution in [0.25, 0.3) is 0 Å². The number of carbonyl (C=O) groups is 1. The molecule has 2 N–H and O–H groups in total. The summed E-state index contributed by atoms with van der Waals surface area (Å²) in [7, 11) is -3.49. The van der Waals surface area contributed by atoms with Crippen molar-refractivity contribution < 1.29 is 13.2 Å². The molecule has 0 aliphatic heterocycles. The summed E-state index contributed by atoms with van der Waals surface area (Å²) >= 11 is 0. The lowest BCUT2D eigenvalue weighted by Gasteiger charge is -2.08. The third kappa shape index (κ3) is 4.91. The van der Waals surface area contributed by atoms with Crippen LogP contribution in [0, 0.1) is 0 Å². The molecule has 0 bridgehead atoms. The zero-order valence-electron chi connectivity index (χ0n) is 13.0. The summed E-state index contributed by atoms with van der Waals surface area (Å²) in [5, 5.41) is 2.74. The number of sulfonamides is 1. The summed E-state index contributed by atoms with van der Waals surface area (Å²) in [6, 6.07) is 15.0. The van der Waals surface area contributed by atoms with Crippen LogP contribution in [0.5, 0.6) is 0 Å². The molecule has 0 radical (unpaired) electrons. The van der Waals surface area contributed by atoms with E-state index in [2.05, 4.69) is 10.0 Å². The fourth-order valence-electron chi connectivity index (χ4n) is 1.98. The Hall–Kier alpha value is -2.18. The molecule has 0 unspecified atom stereocenters. The van der Waals surface area contributed by atoms with E-state index in [1.165, 1.54) is 12.1 Å². The number of rotatable bonds is 7. The van der Waals surface area contributed by atoms with Crippen LogP contribution in [0.3, 0.4) is 0 Å². The minimum Gasteiger partial charge on any atom is -0.322 e. The van der Waals surface area contributed by atoms with Crippen LogP contribution in [-0.2, 0) is 10.0 Å². The first-order chi connectivity index (χ1) is 11.0. The molecule has 0 spiro atoms. The highest BCUT2D eigenvalue weighted by Gasteiger charge is 2.13. The second-order valence-electron chi connectivity index (χ2n) is 5.10. The Morgan fingerprint density at radius 3 is 2.26 bits per heavy atom. The molecule has 0 heterocycles. The molecule has 122 valence electrons. The van der Waals surface area contributed by atoms with Crippen molar-refractivity contribution in [2.24, 2.45) is 0 Å². The Kier molecular flexibility index (Phi) is 5.90. The fraction of sp³-hybridized carbons (Fsp3) is 0.235. The Balaban J connectivity index is 2.03. The fourth-order valence-corrected chi connectivity index (χ4v) is 3.05. The van der Waals surface area contributed by atoms with Crippen LogP contribution >= 0.6 is 0 Å². The first-order valence-electron chi connectivity index (χ1n) is 7.49. The lowest BCUT2D eigenvalue weighted by Crippen LogP contribution is -2.24. The molecule has 2 aromatic rings.